The molecule has 1 atom stereocenters. The van der Waals surface area contributed by atoms with Gasteiger partial charge in [-0.2, -0.15) is 0 Å². The summed E-state index contributed by atoms with van der Waals surface area (Å²) in [6.07, 6.45) is 2.59. The highest BCUT2D eigenvalue weighted by Gasteiger charge is 2.18. The Morgan fingerprint density at radius 1 is 1.29 bits per heavy atom. The van der Waals surface area contributed by atoms with Gasteiger partial charge in [-0.25, -0.2) is 4.79 Å². The fraction of sp³-hybridized carbons (Fsp3) is 0.333. The number of rotatable bonds is 7. The minimum Gasteiger partial charge on any atom is -0.494 e. The van der Waals surface area contributed by atoms with Gasteiger partial charge in [-0.05, 0) is 32.0 Å². The van der Waals surface area contributed by atoms with E-state index in [1.807, 2.05) is 31.2 Å². The predicted octanol–water partition coefficient (Wildman–Crippen LogP) is 2.90. The molecule has 0 radical (unpaired) electrons. The molecule has 0 aliphatic rings. The Labute approximate surface area is 142 Å². The first-order valence-corrected chi connectivity index (χ1v) is 7.95. The third kappa shape index (κ3) is 5.24. The molecule has 0 saturated heterocycles. The molecule has 1 heterocycles. The van der Waals surface area contributed by atoms with E-state index in [2.05, 4.69) is 10.3 Å². The smallest absolute Gasteiger partial charge is 0.322 e. The number of nitrogens with zero attached hydrogens (tertiary/aromatic N) is 2. The Balaban J connectivity index is 2.14. The Morgan fingerprint density at radius 2 is 2.00 bits per heavy atom. The maximum atomic E-state index is 12.6. The molecule has 24 heavy (non-hydrogen) atoms. The molecule has 0 aliphatic heterocycles. The lowest BCUT2D eigenvalue weighted by atomic mass is 10.2. The van der Waals surface area contributed by atoms with Crippen LogP contribution in [0.3, 0.4) is 0 Å². The summed E-state index contributed by atoms with van der Waals surface area (Å²) in [6, 6.07) is 10.7. The van der Waals surface area contributed by atoms with Crippen molar-refractivity contribution < 1.29 is 14.6 Å². The van der Waals surface area contributed by atoms with Crippen LogP contribution in [0.4, 0.5) is 10.5 Å². The fourth-order valence-corrected chi connectivity index (χ4v) is 2.31. The summed E-state index contributed by atoms with van der Waals surface area (Å²) in [5, 5.41) is 12.5. The third-order valence-corrected chi connectivity index (χ3v) is 3.34. The van der Waals surface area contributed by atoms with Gasteiger partial charge in [0.25, 0.3) is 0 Å². The molecular weight excluding hydrogens is 306 g/mol. The predicted molar refractivity (Wildman–Crippen MR) is 93.0 cm³/mol. The van der Waals surface area contributed by atoms with Crippen LogP contribution in [0.2, 0.25) is 0 Å². The number of hydrogen-bond acceptors (Lipinski definition) is 4. The molecule has 1 aromatic heterocycles. The molecule has 0 spiro atoms. The highest BCUT2D eigenvalue weighted by atomic mass is 16.5. The van der Waals surface area contributed by atoms with Crippen LogP contribution in [-0.2, 0) is 6.54 Å². The molecule has 6 heteroatoms. The van der Waals surface area contributed by atoms with Crippen LogP contribution in [0.25, 0.3) is 0 Å². The number of aliphatic hydroxyl groups is 1. The fourth-order valence-electron chi connectivity index (χ4n) is 2.31. The summed E-state index contributed by atoms with van der Waals surface area (Å²) < 4.78 is 5.61. The number of para-hydroxylation sites is 1. The maximum Gasteiger partial charge on any atom is 0.322 e. The quantitative estimate of drug-likeness (QED) is 0.819. The first kappa shape index (κ1) is 17.7. The van der Waals surface area contributed by atoms with Gasteiger partial charge in [0.05, 0.1) is 19.3 Å². The lowest BCUT2D eigenvalue weighted by Gasteiger charge is -2.25. The molecule has 0 fully saturated rings. The van der Waals surface area contributed by atoms with Crippen LogP contribution in [0, 0.1) is 0 Å². The van der Waals surface area contributed by atoms with E-state index in [0.717, 1.165) is 11.3 Å². The van der Waals surface area contributed by atoms with Crippen molar-refractivity contribution in [2.45, 2.75) is 26.5 Å². The normalized spacial score (nSPS) is 11.6. The number of carbonyl (C=O) groups is 1. The number of hydrogen-bond donors (Lipinski definition) is 2. The van der Waals surface area contributed by atoms with Crippen molar-refractivity contribution in [2.75, 3.05) is 18.5 Å². The molecule has 6 nitrogen and oxygen atoms in total. The number of benzene rings is 1. The van der Waals surface area contributed by atoms with Gasteiger partial charge < -0.3 is 20.1 Å². The van der Waals surface area contributed by atoms with E-state index < -0.39 is 6.10 Å². The summed E-state index contributed by atoms with van der Waals surface area (Å²) in [6.45, 7) is 4.69. The number of aliphatic hydroxyl groups excluding tert-OH is 1. The number of carbonyl (C=O) groups excluding carboxylic acids is 1. The van der Waals surface area contributed by atoms with Gasteiger partial charge in [-0.1, -0.05) is 18.2 Å². The van der Waals surface area contributed by atoms with Gasteiger partial charge in [-0.15, -0.1) is 0 Å². The summed E-state index contributed by atoms with van der Waals surface area (Å²) in [7, 11) is 0. The average molecular weight is 329 g/mol. The van der Waals surface area contributed by atoms with Crippen molar-refractivity contribution in [3.05, 3.63) is 54.4 Å². The number of amides is 2. The highest BCUT2D eigenvalue weighted by molar-refractivity contribution is 5.89. The van der Waals surface area contributed by atoms with Crippen molar-refractivity contribution >= 4 is 11.7 Å². The van der Waals surface area contributed by atoms with Crippen molar-refractivity contribution in [3.63, 3.8) is 0 Å². The van der Waals surface area contributed by atoms with E-state index >= 15 is 0 Å². The minimum atomic E-state index is -0.632. The molecule has 1 aromatic carbocycles. The molecular formula is C18H23N3O3. The molecule has 0 unspecified atom stereocenters. The van der Waals surface area contributed by atoms with E-state index in [-0.39, 0.29) is 12.6 Å². The summed E-state index contributed by atoms with van der Waals surface area (Å²) >= 11 is 0. The molecule has 0 bridgehead atoms. The number of urea groups is 1. The van der Waals surface area contributed by atoms with Gasteiger partial charge in [0.1, 0.15) is 5.75 Å². The second-order valence-corrected chi connectivity index (χ2v) is 5.44. The summed E-state index contributed by atoms with van der Waals surface area (Å²) in [4.78, 5) is 18.0. The van der Waals surface area contributed by atoms with Crippen molar-refractivity contribution in [3.8, 4) is 5.75 Å². The Hall–Kier alpha value is -2.60. The molecule has 2 rings (SSSR count). The molecule has 0 saturated carbocycles. The lowest BCUT2D eigenvalue weighted by molar-refractivity contribution is 0.135. The number of pyridine rings is 1. The molecule has 128 valence electrons. The summed E-state index contributed by atoms with van der Waals surface area (Å²) in [5.74, 6) is 0.743. The molecule has 0 aliphatic carbocycles. The van der Waals surface area contributed by atoms with Crippen LogP contribution >= 0.6 is 0 Å². The topological polar surface area (TPSA) is 74.7 Å². The van der Waals surface area contributed by atoms with Gasteiger partial charge in [0.2, 0.25) is 0 Å². The van der Waals surface area contributed by atoms with Crippen LogP contribution in [-0.4, -0.2) is 40.3 Å². The van der Waals surface area contributed by atoms with Gasteiger partial charge >= 0.3 is 6.03 Å². The van der Waals surface area contributed by atoms with E-state index in [4.69, 9.17) is 4.74 Å². The minimum absolute atomic E-state index is 0.220. The SMILES string of the molecule is CCOc1ccccc1CN(C[C@@H](C)O)C(=O)Nc1ccncc1. The van der Waals surface area contributed by atoms with Crippen molar-refractivity contribution in [2.24, 2.45) is 0 Å². The molecule has 2 N–H and O–H groups in total. The molecule has 2 amide bonds. The average Bonchev–Trinajstić information content (AvgIpc) is 2.56. The lowest BCUT2D eigenvalue weighted by Crippen LogP contribution is -2.39. The second-order valence-electron chi connectivity index (χ2n) is 5.44. The van der Waals surface area contributed by atoms with Crippen LogP contribution < -0.4 is 10.1 Å². The Kier molecular flexibility index (Phi) is 6.57. The monoisotopic (exact) mass is 329 g/mol. The highest BCUT2D eigenvalue weighted by Crippen LogP contribution is 2.20. The summed E-state index contributed by atoms with van der Waals surface area (Å²) in [5.41, 5.74) is 1.55. The van der Waals surface area contributed by atoms with Crippen molar-refractivity contribution in [1.82, 2.24) is 9.88 Å². The Morgan fingerprint density at radius 3 is 2.67 bits per heavy atom. The number of ether oxygens (including phenoxy) is 1. The second kappa shape index (κ2) is 8.88. The number of aromatic nitrogens is 1. The zero-order valence-corrected chi connectivity index (χ0v) is 14.0. The van der Waals surface area contributed by atoms with Crippen molar-refractivity contribution in [1.29, 1.82) is 0 Å². The van der Waals surface area contributed by atoms with E-state index in [9.17, 15) is 9.90 Å². The van der Waals surface area contributed by atoms with E-state index in [1.165, 1.54) is 0 Å². The van der Waals surface area contributed by atoms with E-state index in [1.54, 1.807) is 36.4 Å². The molecule has 2 aromatic rings. The van der Waals surface area contributed by atoms with Gasteiger partial charge in [0, 0.05) is 30.2 Å². The van der Waals surface area contributed by atoms with Crippen LogP contribution in [0.5, 0.6) is 5.75 Å². The maximum absolute atomic E-state index is 12.6. The standard InChI is InChI=1S/C18H23N3O3/c1-3-24-17-7-5-4-6-15(17)13-21(12-14(2)22)18(23)20-16-8-10-19-11-9-16/h4-11,14,22H,3,12-13H2,1-2H3,(H,19,20,23)/t14-/m1/s1. The van der Waals surface area contributed by atoms with Crippen LogP contribution in [0.1, 0.15) is 19.4 Å². The zero-order valence-electron chi connectivity index (χ0n) is 14.0. The Bertz CT molecular complexity index is 647. The van der Waals surface area contributed by atoms with E-state index in [0.29, 0.717) is 18.8 Å². The number of anilines is 1. The first-order valence-electron chi connectivity index (χ1n) is 7.95. The number of nitrogens with one attached hydrogen (secondary N) is 1. The van der Waals surface area contributed by atoms with Crippen LogP contribution in [0.15, 0.2) is 48.8 Å². The largest absolute Gasteiger partial charge is 0.494 e. The first-order chi connectivity index (χ1) is 11.6. The van der Waals surface area contributed by atoms with Gasteiger partial charge in [-0.3, -0.25) is 4.98 Å². The zero-order chi connectivity index (χ0) is 17.4. The van der Waals surface area contributed by atoms with Gasteiger partial charge in [0.15, 0.2) is 0 Å². The third-order valence-electron chi connectivity index (χ3n) is 3.34.